The van der Waals surface area contributed by atoms with Crippen molar-refractivity contribution in [3.63, 3.8) is 0 Å². The molecule has 0 heterocycles. The van der Waals surface area contributed by atoms with Gasteiger partial charge in [0.15, 0.2) is 11.6 Å². The zero-order chi connectivity index (χ0) is 24.1. The molecule has 0 aliphatic heterocycles. The Hall–Kier alpha value is -2.99. The Balaban J connectivity index is 1.61. The number of carbonyl (C=O) groups is 2. The third-order valence-electron chi connectivity index (χ3n) is 6.18. The van der Waals surface area contributed by atoms with E-state index in [1.165, 1.54) is 11.8 Å². The van der Waals surface area contributed by atoms with Crippen LogP contribution in [0.3, 0.4) is 0 Å². The molecule has 4 aromatic rings. The van der Waals surface area contributed by atoms with Gasteiger partial charge in [-0.05, 0) is 35.4 Å². The molecule has 0 bridgehead atoms. The number of thioether (sulfide) groups is 1. The molecule has 0 atom stereocenters. The summed E-state index contributed by atoms with van der Waals surface area (Å²) < 4.78 is 1.72. The molecule has 0 N–H and O–H groups in total. The Morgan fingerprint density at radius 3 is 1.29 bits per heavy atom. The Bertz CT molecular complexity index is 1480. The van der Waals surface area contributed by atoms with Crippen molar-refractivity contribution in [2.24, 2.45) is 0 Å². The molecule has 35 heavy (non-hydrogen) atoms. The van der Waals surface area contributed by atoms with Gasteiger partial charge in [0.1, 0.15) is 0 Å². The SMILES string of the molecule is O=C1C(c2ccccc2)=C(SC2=C(c3ccccc3)C(=O)c3cc(Br)ccc32)c2ccc(Br)cc21. The van der Waals surface area contributed by atoms with Gasteiger partial charge in [-0.25, -0.2) is 0 Å². The fraction of sp³-hybridized carbons (Fsp3) is 0. The van der Waals surface area contributed by atoms with Gasteiger partial charge >= 0.3 is 0 Å². The van der Waals surface area contributed by atoms with Crippen LogP contribution in [-0.2, 0) is 0 Å². The highest BCUT2D eigenvalue weighted by Gasteiger charge is 2.36. The van der Waals surface area contributed by atoms with Gasteiger partial charge in [0.25, 0.3) is 0 Å². The summed E-state index contributed by atoms with van der Waals surface area (Å²) in [6, 6.07) is 31.2. The Morgan fingerprint density at radius 1 is 0.486 bits per heavy atom. The molecular formula is C30H16Br2O2S. The average Bonchev–Trinajstić information content (AvgIpc) is 3.30. The molecule has 0 fully saturated rings. The fourth-order valence-electron chi connectivity index (χ4n) is 4.60. The third kappa shape index (κ3) is 3.79. The number of fused-ring (bicyclic) bond motifs is 2. The number of Topliss-reactive ketones (excluding diaryl/α,β-unsaturated/α-hetero) is 2. The van der Waals surface area contributed by atoms with E-state index in [4.69, 9.17) is 0 Å². The average molecular weight is 600 g/mol. The van der Waals surface area contributed by atoms with E-state index in [-0.39, 0.29) is 11.6 Å². The quantitative estimate of drug-likeness (QED) is 0.235. The molecule has 0 amide bonds. The van der Waals surface area contributed by atoms with Gasteiger partial charge in [-0.3, -0.25) is 9.59 Å². The molecule has 5 heteroatoms. The van der Waals surface area contributed by atoms with Crippen LogP contribution in [0, 0.1) is 0 Å². The summed E-state index contributed by atoms with van der Waals surface area (Å²) in [5.74, 6) is -0.00516. The van der Waals surface area contributed by atoms with Crippen molar-refractivity contribution in [1.82, 2.24) is 0 Å². The normalized spacial score (nSPS) is 14.6. The van der Waals surface area contributed by atoms with Crippen LogP contribution in [0.1, 0.15) is 43.0 Å². The molecular weight excluding hydrogens is 584 g/mol. The van der Waals surface area contributed by atoms with Crippen molar-refractivity contribution in [2.75, 3.05) is 0 Å². The summed E-state index contributed by atoms with van der Waals surface area (Å²) in [6.45, 7) is 0. The van der Waals surface area contributed by atoms with E-state index in [1.54, 1.807) is 0 Å². The lowest BCUT2D eigenvalue weighted by Gasteiger charge is -2.12. The smallest absolute Gasteiger partial charge is 0.195 e. The number of benzene rings is 4. The van der Waals surface area contributed by atoms with E-state index >= 15 is 0 Å². The molecule has 2 aliphatic rings. The highest BCUT2D eigenvalue weighted by atomic mass is 79.9. The van der Waals surface area contributed by atoms with Gasteiger partial charge in [-0.2, -0.15) is 0 Å². The summed E-state index contributed by atoms with van der Waals surface area (Å²) >= 11 is 8.55. The van der Waals surface area contributed by atoms with Crippen LogP contribution in [0.15, 0.2) is 106 Å². The molecule has 6 rings (SSSR count). The van der Waals surface area contributed by atoms with Crippen LogP contribution in [0.25, 0.3) is 21.0 Å². The van der Waals surface area contributed by atoms with Crippen molar-refractivity contribution in [3.05, 3.63) is 139 Å². The topological polar surface area (TPSA) is 34.1 Å². The Labute approximate surface area is 224 Å². The standard InChI is InChI=1S/C30H16Br2O2S/c31-19-11-13-21-23(15-19)27(33)25(17-7-3-1-4-8-17)29(21)35-30-22-14-12-20(32)16-24(22)28(34)26(30)18-9-5-2-6-10-18/h1-16H. The van der Waals surface area contributed by atoms with Crippen molar-refractivity contribution < 1.29 is 9.59 Å². The highest BCUT2D eigenvalue weighted by Crippen LogP contribution is 2.54. The first kappa shape index (κ1) is 22.5. The largest absolute Gasteiger partial charge is 0.289 e. The summed E-state index contributed by atoms with van der Waals surface area (Å²) in [6.07, 6.45) is 0. The Morgan fingerprint density at radius 2 is 0.886 bits per heavy atom. The van der Waals surface area contributed by atoms with Gasteiger partial charge in [0.2, 0.25) is 0 Å². The van der Waals surface area contributed by atoms with E-state index in [1.807, 2.05) is 97.1 Å². The van der Waals surface area contributed by atoms with Crippen molar-refractivity contribution in [3.8, 4) is 0 Å². The summed E-state index contributed by atoms with van der Waals surface area (Å²) in [7, 11) is 0. The predicted molar refractivity (Wildman–Crippen MR) is 151 cm³/mol. The molecule has 0 unspecified atom stereocenters. The van der Waals surface area contributed by atoms with E-state index in [9.17, 15) is 9.59 Å². The molecule has 0 saturated carbocycles. The number of hydrogen-bond acceptors (Lipinski definition) is 3. The summed E-state index contributed by atoms with van der Waals surface area (Å²) in [5, 5.41) is 0. The van der Waals surface area contributed by atoms with Crippen LogP contribution in [0.4, 0.5) is 0 Å². The molecule has 0 saturated heterocycles. The molecule has 0 radical (unpaired) electrons. The first-order chi connectivity index (χ1) is 17.0. The third-order valence-corrected chi connectivity index (χ3v) is 8.42. The number of rotatable bonds is 4. The summed E-state index contributed by atoms with van der Waals surface area (Å²) in [4.78, 5) is 29.1. The zero-order valence-corrected chi connectivity index (χ0v) is 22.2. The lowest BCUT2D eigenvalue weighted by Crippen LogP contribution is -1.98. The first-order valence-electron chi connectivity index (χ1n) is 11.0. The van der Waals surface area contributed by atoms with E-state index < -0.39 is 0 Å². The number of hydrogen-bond donors (Lipinski definition) is 0. The minimum absolute atomic E-state index is 0.00258. The van der Waals surface area contributed by atoms with Gasteiger partial charge in [-0.15, -0.1) is 0 Å². The second-order valence-corrected chi connectivity index (χ2v) is 11.1. The molecule has 0 spiro atoms. The molecule has 2 aliphatic carbocycles. The molecule has 168 valence electrons. The van der Waals surface area contributed by atoms with E-state index in [2.05, 4.69) is 31.9 Å². The maximum atomic E-state index is 13.7. The number of carbonyl (C=O) groups excluding carboxylic acids is 2. The lowest BCUT2D eigenvalue weighted by molar-refractivity contribution is 0.105. The maximum absolute atomic E-state index is 13.7. The maximum Gasteiger partial charge on any atom is 0.195 e. The van der Waals surface area contributed by atoms with Gasteiger partial charge in [0, 0.05) is 52.2 Å². The van der Waals surface area contributed by atoms with E-state index in [0.29, 0.717) is 22.3 Å². The second-order valence-electron chi connectivity index (χ2n) is 8.28. The number of ketones is 2. The first-order valence-corrected chi connectivity index (χ1v) is 13.4. The van der Waals surface area contributed by atoms with Crippen LogP contribution in [-0.4, -0.2) is 11.6 Å². The van der Waals surface area contributed by atoms with Crippen molar-refractivity contribution >= 4 is 76.1 Å². The number of halogens is 2. The minimum Gasteiger partial charge on any atom is -0.289 e. The van der Waals surface area contributed by atoms with Crippen LogP contribution >= 0.6 is 43.6 Å². The molecule has 4 aromatic carbocycles. The van der Waals surface area contributed by atoms with Gasteiger partial charge in [-0.1, -0.05) is 116 Å². The minimum atomic E-state index is -0.00258. The predicted octanol–water partition coefficient (Wildman–Crippen LogP) is 8.77. The number of allylic oxidation sites excluding steroid dienone is 2. The van der Waals surface area contributed by atoms with Crippen LogP contribution < -0.4 is 0 Å². The van der Waals surface area contributed by atoms with E-state index in [0.717, 1.165) is 41.0 Å². The monoisotopic (exact) mass is 598 g/mol. The van der Waals surface area contributed by atoms with Gasteiger partial charge in [0.05, 0.1) is 0 Å². The second kappa shape index (κ2) is 8.90. The van der Waals surface area contributed by atoms with Crippen molar-refractivity contribution in [1.29, 1.82) is 0 Å². The summed E-state index contributed by atoms with van der Waals surface area (Å²) in [5.41, 5.74) is 6.19. The van der Waals surface area contributed by atoms with Crippen LogP contribution in [0.2, 0.25) is 0 Å². The molecule has 2 nitrogen and oxygen atoms in total. The van der Waals surface area contributed by atoms with Gasteiger partial charge < -0.3 is 0 Å². The highest BCUT2D eigenvalue weighted by molar-refractivity contribution is 9.10. The fourth-order valence-corrected chi connectivity index (χ4v) is 6.73. The zero-order valence-electron chi connectivity index (χ0n) is 18.2. The molecule has 0 aromatic heterocycles. The van der Waals surface area contributed by atoms with Crippen molar-refractivity contribution in [2.45, 2.75) is 0 Å². The Kier molecular flexibility index (Phi) is 5.72. The van der Waals surface area contributed by atoms with Crippen LogP contribution in [0.5, 0.6) is 0 Å². The lowest BCUT2D eigenvalue weighted by atomic mass is 10.0.